The summed E-state index contributed by atoms with van der Waals surface area (Å²) in [5.41, 5.74) is 6.89. The molecule has 1 aromatic carbocycles. The molecule has 1 aromatic heterocycles. The number of nitro benzene ring substituents is 1. The van der Waals surface area contributed by atoms with Gasteiger partial charge in [0.2, 0.25) is 0 Å². The van der Waals surface area contributed by atoms with Gasteiger partial charge in [-0.1, -0.05) is 0 Å². The van der Waals surface area contributed by atoms with Crippen molar-refractivity contribution >= 4 is 28.7 Å². The molecule has 0 atom stereocenters. The third-order valence-electron chi connectivity index (χ3n) is 3.03. The lowest BCUT2D eigenvalue weighted by molar-refractivity contribution is -0.385. The van der Waals surface area contributed by atoms with E-state index in [1.807, 2.05) is 0 Å². The van der Waals surface area contributed by atoms with Crippen LogP contribution in [0, 0.1) is 17.0 Å². The molecule has 0 saturated carbocycles. The van der Waals surface area contributed by atoms with E-state index in [4.69, 9.17) is 15.6 Å². The molecule has 3 N–H and O–H groups in total. The lowest BCUT2D eigenvalue weighted by Gasteiger charge is -2.04. The fraction of sp³-hybridized carbons (Fsp3) is 0.154. The Morgan fingerprint density at radius 1 is 1.48 bits per heavy atom. The van der Waals surface area contributed by atoms with Crippen molar-refractivity contribution < 1.29 is 19.6 Å². The van der Waals surface area contributed by atoms with E-state index in [9.17, 15) is 14.9 Å². The molecule has 0 bridgehead atoms. The third kappa shape index (κ3) is 2.52. The standard InChI is InChI=1S/C13H12N2O5S/c1-6-10(14)12(13(16)17)21-11(6)7-3-4-9(20-2)8(5-7)15(18)19/h3-5H,14H2,1-2H3,(H,16,17). The molecule has 0 aliphatic carbocycles. The number of nitrogens with zero attached hydrogens (tertiary/aromatic N) is 1. The van der Waals surface area contributed by atoms with Crippen LogP contribution in [0.3, 0.4) is 0 Å². The molecule has 21 heavy (non-hydrogen) atoms. The summed E-state index contributed by atoms with van der Waals surface area (Å²) in [6.07, 6.45) is 0. The number of nitro groups is 1. The number of anilines is 1. The normalized spacial score (nSPS) is 10.4. The van der Waals surface area contributed by atoms with Crippen molar-refractivity contribution in [3.05, 3.63) is 38.8 Å². The van der Waals surface area contributed by atoms with Gasteiger partial charge in [0.05, 0.1) is 17.7 Å². The number of thiophene rings is 1. The number of carbonyl (C=O) groups is 1. The van der Waals surface area contributed by atoms with Crippen molar-refractivity contribution in [2.45, 2.75) is 6.92 Å². The molecule has 1 heterocycles. The molecule has 0 radical (unpaired) electrons. The second-order valence-electron chi connectivity index (χ2n) is 4.25. The number of rotatable bonds is 4. The van der Waals surface area contributed by atoms with Crippen LogP contribution in [0.4, 0.5) is 11.4 Å². The van der Waals surface area contributed by atoms with Gasteiger partial charge in [-0.25, -0.2) is 4.79 Å². The molecular formula is C13H12N2O5S. The predicted octanol–water partition coefficient (Wildman–Crippen LogP) is 2.92. The van der Waals surface area contributed by atoms with Gasteiger partial charge in [0.1, 0.15) is 4.88 Å². The summed E-state index contributed by atoms with van der Waals surface area (Å²) in [7, 11) is 1.35. The van der Waals surface area contributed by atoms with Crippen molar-refractivity contribution in [2.24, 2.45) is 0 Å². The molecule has 0 aliphatic rings. The Balaban J connectivity index is 2.63. The van der Waals surface area contributed by atoms with Crippen molar-refractivity contribution in [3.8, 4) is 16.2 Å². The molecule has 0 unspecified atom stereocenters. The molecule has 0 spiro atoms. The number of methoxy groups -OCH3 is 1. The van der Waals surface area contributed by atoms with Gasteiger partial charge in [-0.05, 0) is 30.2 Å². The molecule has 0 amide bonds. The van der Waals surface area contributed by atoms with Crippen LogP contribution in [0.5, 0.6) is 5.75 Å². The average molecular weight is 308 g/mol. The second-order valence-corrected chi connectivity index (χ2v) is 5.27. The summed E-state index contributed by atoms with van der Waals surface area (Å²) < 4.78 is 4.94. The number of nitrogen functional groups attached to an aromatic ring is 1. The van der Waals surface area contributed by atoms with Crippen LogP contribution in [0.2, 0.25) is 0 Å². The van der Waals surface area contributed by atoms with Crippen molar-refractivity contribution in [3.63, 3.8) is 0 Å². The van der Waals surface area contributed by atoms with Crippen molar-refractivity contribution in [1.29, 1.82) is 0 Å². The monoisotopic (exact) mass is 308 g/mol. The zero-order valence-electron chi connectivity index (χ0n) is 11.2. The smallest absolute Gasteiger partial charge is 0.348 e. The molecule has 2 aromatic rings. The van der Waals surface area contributed by atoms with Gasteiger partial charge >= 0.3 is 11.7 Å². The van der Waals surface area contributed by atoms with Crippen LogP contribution in [0.25, 0.3) is 10.4 Å². The fourth-order valence-corrected chi connectivity index (χ4v) is 3.00. The summed E-state index contributed by atoms with van der Waals surface area (Å²) in [5, 5.41) is 20.1. The Bertz CT molecular complexity index is 738. The molecule has 110 valence electrons. The highest BCUT2D eigenvalue weighted by Gasteiger charge is 2.22. The first kappa shape index (κ1) is 14.8. The van der Waals surface area contributed by atoms with Crippen LogP contribution in [0.1, 0.15) is 15.2 Å². The van der Waals surface area contributed by atoms with Crippen LogP contribution >= 0.6 is 11.3 Å². The Hall–Kier alpha value is -2.61. The molecule has 0 fully saturated rings. The van der Waals surface area contributed by atoms with Gasteiger partial charge in [0.25, 0.3) is 0 Å². The van der Waals surface area contributed by atoms with Gasteiger partial charge in [0.15, 0.2) is 5.75 Å². The Labute approximate surface area is 123 Å². The Morgan fingerprint density at radius 3 is 2.62 bits per heavy atom. The SMILES string of the molecule is COc1ccc(-c2sc(C(=O)O)c(N)c2C)cc1[N+](=O)[O-]. The summed E-state index contributed by atoms with van der Waals surface area (Å²) >= 11 is 0.993. The molecule has 0 aliphatic heterocycles. The van der Waals surface area contributed by atoms with E-state index in [0.29, 0.717) is 16.0 Å². The van der Waals surface area contributed by atoms with Gasteiger partial charge in [-0.15, -0.1) is 11.3 Å². The highest BCUT2D eigenvalue weighted by Crippen LogP contribution is 2.40. The van der Waals surface area contributed by atoms with E-state index in [-0.39, 0.29) is 22.0 Å². The molecule has 2 rings (SSSR count). The minimum absolute atomic E-state index is 0.0287. The number of carboxylic acids is 1. The molecule has 8 heteroatoms. The largest absolute Gasteiger partial charge is 0.490 e. The lowest BCUT2D eigenvalue weighted by atomic mass is 10.1. The number of ether oxygens (including phenoxy) is 1. The minimum atomic E-state index is -1.12. The Kier molecular flexibility index (Phi) is 3.81. The van der Waals surface area contributed by atoms with Gasteiger partial charge in [-0.3, -0.25) is 10.1 Å². The second kappa shape index (κ2) is 5.41. The number of carboxylic acid groups (broad SMARTS) is 1. The van der Waals surface area contributed by atoms with Gasteiger partial charge < -0.3 is 15.6 Å². The number of benzene rings is 1. The highest BCUT2D eigenvalue weighted by molar-refractivity contribution is 7.18. The van der Waals surface area contributed by atoms with E-state index in [1.165, 1.54) is 19.2 Å². The number of hydrogen-bond acceptors (Lipinski definition) is 6. The van der Waals surface area contributed by atoms with Crippen LogP contribution < -0.4 is 10.5 Å². The molecular weight excluding hydrogens is 296 g/mol. The molecule has 7 nitrogen and oxygen atoms in total. The van der Waals surface area contributed by atoms with E-state index >= 15 is 0 Å². The minimum Gasteiger partial charge on any atom is -0.490 e. The van der Waals surface area contributed by atoms with Crippen LogP contribution in [-0.4, -0.2) is 23.1 Å². The summed E-state index contributed by atoms with van der Waals surface area (Å²) in [6, 6.07) is 4.46. The quantitative estimate of drug-likeness (QED) is 0.662. The number of hydrogen-bond donors (Lipinski definition) is 2. The van der Waals surface area contributed by atoms with Crippen LogP contribution in [-0.2, 0) is 0 Å². The lowest BCUT2D eigenvalue weighted by Crippen LogP contribution is -1.97. The van der Waals surface area contributed by atoms with Gasteiger partial charge in [-0.2, -0.15) is 0 Å². The third-order valence-corrected chi connectivity index (χ3v) is 4.37. The zero-order chi connectivity index (χ0) is 15.7. The van der Waals surface area contributed by atoms with E-state index in [2.05, 4.69) is 0 Å². The molecule has 0 saturated heterocycles. The van der Waals surface area contributed by atoms with E-state index in [0.717, 1.165) is 11.3 Å². The predicted molar refractivity (Wildman–Crippen MR) is 79.1 cm³/mol. The summed E-state index contributed by atoms with van der Waals surface area (Å²) in [4.78, 5) is 22.2. The number of nitrogens with two attached hydrogens (primary N) is 1. The van der Waals surface area contributed by atoms with E-state index < -0.39 is 10.9 Å². The average Bonchev–Trinajstić information content (AvgIpc) is 2.74. The first-order valence-electron chi connectivity index (χ1n) is 5.81. The first-order valence-corrected chi connectivity index (χ1v) is 6.63. The van der Waals surface area contributed by atoms with Crippen molar-refractivity contribution in [2.75, 3.05) is 12.8 Å². The Morgan fingerprint density at radius 2 is 2.14 bits per heavy atom. The maximum atomic E-state index is 11.1. The highest BCUT2D eigenvalue weighted by atomic mass is 32.1. The van der Waals surface area contributed by atoms with Crippen molar-refractivity contribution in [1.82, 2.24) is 0 Å². The maximum Gasteiger partial charge on any atom is 0.348 e. The summed E-state index contributed by atoms with van der Waals surface area (Å²) in [6.45, 7) is 1.68. The van der Waals surface area contributed by atoms with Crippen LogP contribution in [0.15, 0.2) is 18.2 Å². The first-order chi connectivity index (χ1) is 9.86. The topological polar surface area (TPSA) is 116 Å². The number of aromatic carboxylic acids is 1. The zero-order valence-corrected chi connectivity index (χ0v) is 12.1. The summed E-state index contributed by atoms with van der Waals surface area (Å²) in [5.74, 6) is -0.973. The van der Waals surface area contributed by atoms with Gasteiger partial charge in [0, 0.05) is 10.9 Å². The van der Waals surface area contributed by atoms with E-state index in [1.54, 1.807) is 13.0 Å². The fourth-order valence-electron chi connectivity index (χ4n) is 1.93. The maximum absolute atomic E-state index is 11.1.